The Hall–Kier alpha value is -0.840. The second-order valence-electron chi connectivity index (χ2n) is 3.11. The maximum Gasteiger partial charge on any atom is 0.207 e. The van der Waals surface area contributed by atoms with E-state index in [1.54, 1.807) is 12.1 Å². The van der Waals surface area contributed by atoms with E-state index in [0.29, 0.717) is 15.2 Å². The van der Waals surface area contributed by atoms with Gasteiger partial charge in [0.25, 0.3) is 0 Å². The first kappa shape index (κ1) is 11.6. The summed E-state index contributed by atoms with van der Waals surface area (Å²) in [6.45, 7) is 1.89. The van der Waals surface area contributed by atoms with Gasteiger partial charge >= 0.3 is 0 Å². The summed E-state index contributed by atoms with van der Waals surface area (Å²) in [5.74, 6) is 0.700. The van der Waals surface area contributed by atoms with E-state index in [9.17, 15) is 0 Å². The summed E-state index contributed by atoms with van der Waals surface area (Å²) in [4.78, 5) is 0. The van der Waals surface area contributed by atoms with Gasteiger partial charge in [0.1, 0.15) is 11.9 Å². The number of hydrogen-bond donors (Lipinski definition) is 0. The smallest absolute Gasteiger partial charge is 0.207 e. The Labute approximate surface area is 107 Å². The van der Waals surface area contributed by atoms with Gasteiger partial charge < -0.3 is 4.74 Å². The van der Waals surface area contributed by atoms with Crippen molar-refractivity contribution in [2.45, 2.75) is 13.0 Å². The number of rotatable bonds is 3. The Morgan fingerprint density at radius 1 is 1.31 bits per heavy atom. The zero-order valence-electron chi connectivity index (χ0n) is 8.35. The number of halogens is 2. The van der Waals surface area contributed by atoms with Crippen molar-refractivity contribution in [3.8, 4) is 5.75 Å². The topological polar surface area (TPSA) is 35.0 Å². The zero-order chi connectivity index (χ0) is 11.5. The van der Waals surface area contributed by atoms with Gasteiger partial charge in [0.2, 0.25) is 4.47 Å². The molecule has 16 heavy (non-hydrogen) atoms. The number of nitrogens with zero attached hydrogens (tertiary/aromatic N) is 2. The summed E-state index contributed by atoms with van der Waals surface area (Å²) in [6, 6.07) is 7.21. The molecule has 3 nitrogen and oxygen atoms in total. The van der Waals surface area contributed by atoms with Crippen LogP contribution < -0.4 is 4.74 Å². The fourth-order valence-corrected chi connectivity index (χ4v) is 2.18. The van der Waals surface area contributed by atoms with Crippen LogP contribution in [-0.2, 0) is 0 Å². The minimum Gasteiger partial charge on any atom is -0.483 e. The van der Waals surface area contributed by atoms with E-state index in [0.717, 1.165) is 5.01 Å². The Morgan fingerprint density at radius 2 is 2.12 bits per heavy atom. The number of aromatic nitrogens is 2. The van der Waals surface area contributed by atoms with Crippen molar-refractivity contribution in [2.75, 3.05) is 0 Å². The predicted molar refractivity (Wildman–Crippen MR) is 65.4 cm³/mol. The van der Waals surface area contributed by atoms with Gasteiger partial charge in [-0.3, -0.25) is 0 Å². The molecule has 1 aromatic carbocycles. The van der Waals surface area contributed by atoms with Crippen LogP contribution in [0.5, 0.6) is 5.75 Å². The monoisotopic (exact) mass is 274 g/mol. The van der Waals surface area contributed by atoms with Crippen LogP contribution >= 0.6 is 34.5 Å². The highest BCUT2D eigenvalue weighted by Gasteiger charge is 2.12. The third-order valence-corrected chi connectivity index (χ3v) is 3.29. The van der Waals surface area contributed by atoms with Crippen LogP contribution in [0, 0.1) is 0 Å². The highest BCUT2D eigenvalue weighted by atomic mass is 35.5. The molecule has 2 aromatic rings. The molecule has 0 fully saturated rings. The van der Waals surface area contributed by atoms with E-state index < -0.39 is 0 Å². The molecule has 0 saturated heterocycles. The van der Waals surface area contributed by atoms with Crippen molar-refractivity contribution >= 4 is 34.5 Å². The number of hydrogen-bond acceptors (Lipinski definition) is 4. The van der Waals surface area contributed by atoms with Crippen LogP contribution in [0.3, 0.4) is 0 Å². The summed E-state index contributed by atoms with van der Waals surface area (Å²) in [7, 11) is 0. The number of ether oxygens (including phenoxy) is 1. The summed E-state index contributed by atoms with van der Waals surface area (Å²) in [5.41, 5.74) is 0. The lowest BCUT2D eigenvalue weighted by Gasteiger charge is -2.11. The summed E-state index contributed by atoms with van der Waals surface area (Å²) in [6.07, 6.45) is -0.191. The quantitative estimate of drug-likeness (QED) is 0.849. The molecule has 1 unspecified atom stereocenters. The van der Waals surface area contributed by atoms with E-state index in [2.05, 4.69) is 10.2 Å². The molecule has 1 atom stereocenters. The molecule has 0 amide bonds. The maximum atomic E-state index is 5.85. The molecular weight excluding hydrogens is 267 g/mol. The third-order valence-electron chi connectivity index (χ3n) is 1.87. The van der Waals surface area contributed by atoms with Gasteiger partial charge in [-0.15, -0.1) is 10.2 Å². The van der Waals surface area contributed by atoms with Gasteiger partial charge in [0, 0.05) is 5.02 Å². The van der Waals surface area contributed by atoms with Crippen molar-refractivity contribution in [1.29, 1.82) is 0 Å². The van der Waals surface area contributed by atoms with Crippen LogP contribution in [0.25, 0.3) is 0 Å². The Morgan fingerprint density at radius 3 is 2.75 bits per heavy atom. The highest BCUT2D eigenvalue weighted by Crippen LogP contribution is 2.27. The van der Waals surface area contributed by atoms with Crippen LogP contribution in [0.4, 0.5) is 0 Å². The molecule has 0 aliphatic rings. The van der Waals surface area contributed by atoms with Crippen molar-refractivity contribution in [1.82, 2.24) is 10.2 Å². The first-order valence-corrected chi connectivity index (χ1v) is 6.13. The zero-order valence-corrected chi connectivity index (χ0v) is 10.7. The lowest BCUT2D eigenvalue weighted by Crippen LogP contribution is -2.02. The largest absolute Gasteiger partial charge is 0.483 e. The molecule has 0 aliphatic heterocycles. The maximum absolute atomic E-state index is 5.85. The molecule has 0 saturated carbocycles. The SMILES string of the molecule is CC(Oc1cccc(Cl)c1)c1nnc(Cl)s1. The first-order valence-electron chi connectivity index (χ1n) is 4.56. The van der Waals surface area contributed by atoms with Crippen LogP contribution in [-0.4, -0.2) is 10.2 Å². The molecule has 0 aliphatic carbocycles. The molecular formula is C10H8Cl2N2OS. The lowest BCUT2D eigenvalue weighted by atomic mass is 10.3. The third kappa shape index (κ3) is 2.84. The Kier molecular flexibility index (Phi) is 3.63. The van der Waals surface area contributed by atoms with E-state index in [1.165, 1.54) is 11.3 Å². The van der Waals surface area contributed by atoms with Gasteiger partial charge in [0.15, 0.2) is 5.01 Å². The summed E-state index contributed by atoms with van der Waals surface area (Å²) < 4.78 is 6.07. The second kappa shape index (κ2) is 4.99. The second-order valence-corrected chi connectivity index (χ2v) is 5.14. The Balaban J connectivity index is 2.10. The average molecular weight is 275 g/mol. The molecule has 0 spiro atoms. The van der Waals surface area contributed by atoms with Gasteiger partial charge in [0.05, 0.1) is 0 Å². The van der Waals surface area contributed by atoms with Crippen LogP contribution in [0.2, 0.25) is 9.49 Å². The lowest BCUT2D eigenvalue weighted by molar-refractivity contribution is 0.225. The minimum atomic E-state index is -0.191. The summed E-state index contributed by atoms with van der Waals surface area (Å²) in [5, 5.41) is 9.02. The molecule has 0 radical (unpaired) electrons. The summed E-state index contributed by atoms with van der Waals surface area (Å²) >= 11 is 12.9. The van der Waals surface area contributed by atoms with E-state index in [4.69, 9.17) is 27.9 Å². The van der Waals surface area contributed by atoms with Crippen molar-refractivity contribution in [2.24, 2.45) is 0 Å². The Bertz CT molecular complexity index is 489. The average Bonchev–Trinajstić information content (AvgIpc) is 2.65. The fourth-order valence-electron chi connectivity index (χ4n) is 1.17. The minimum absolute atomic E-state index is 0.191. The fraction of sp³-hybridized carbons (Fsp3) is 0.200. The molecule has 1 heterocycles. The van der Waals surface area contributed by atoms with Gasteiger partial charge in [-0.05, 0) is 36.7 Å². The molecule has 0 bridgehead atoms. The highest BCUT2D eigenvalue weighted by molar-refractivity contribution is 7.15. The molecule has 84 valence electrons. The molecule has 2 rings (SSSR count). The van der Waals surface area contributed by atoms with Crippen molar-refractivity contribution in [3.63, 3.8) is 0 Å². The first-order chi connectivity index (χ1) is 7.65. The predicted octanol–water partition coefficient (Wildman–Crippen LogP) is 3.98. The van der Waals surface area contributed by atoms with E-state index >= 15 is 0 Å². The van der Waals surface area contributed by atoms with E-state index in [1.807, 2.05) is 19.1 Å². The van der Waals surface area contributed by atoms with Crippen molar-refractivity contribution < 1.29 is 4.74 Å². The van der Waals surface area contributed by atoms with Gasteiger partial charge in [-0.2, -0.15) is 0 Å². The molecule has 6 heteroatoms. The van der Waals surface area contributed by atoms with Crippen LogP contribution in [0.15, 0.2) is 24.3 Å². The van der Waals surface area contributed by atoms with Crippen LogP contribution in [0.1, 0.15) is 18.0 Å². The van der Waals surface area contributed by atoms with E-state index in [-0.39, 0.29) is 6.10 Å². The standard InChI is InChI=1S/C10H8Cl2N2OS/c1-6(9-13-14-10(12)16-9)15-8-4-2-3-7(11)5-8/h2-6H,1H3. The van der Waals surface area contributed by atoms with Gasteiger partial charge in [-0.25, -0.2) is 0 Å². The molecule has 0 N–H and O–H groups in total. The molecule has 1 aromatic heterocycles. The number of benzene rings is 1. The van der Waals surface area contributed by atoms with Crippen molar-refractivity contribution in [3.05, 3.63) is 38.8 Å². The normalized spacial score (nSPS) is 12.4. The van der Waals surface area contributed by atoms with Gasteiger partial charge in [-0.1, -0.05) is 29.0 Å².